The summed E-state index contributed by atoms with van der Waals surface area (Å²) in [6.07, 6.45) is 7.13. The van der Waals surface area contributed by atoms with Gasteiger partial charge in [-0.2, -0.15) is 0 Å². The van der Waals surface area contributed by atoms with Gasteiger partial charge in [-0.05, 0) is 86.5 Å². The van der Waals surface area contributed by atoms with Crippen LogP contribution in [0.3, 0.4) is 0 Å². The van der Waals surface area contributed by atoms with Crippen LogP contribution >= 0.6 is 22.7 Å². The fourth-order valence-electron chi connectivity index (χ4n) is 5.01. The largest absolute Gasteiger partial charge is 0.481 e. The van der Waals surface area contributed by atoms with Crippen molar-refractivity contribution < 1.29 is 19.5 Å². The number of carbonyl (C=O) groups is 3. The molecule has 2 amide bonds. The standard InChI is InChI=1S/C20H25NO2S2.C8H14N2O2/c1-14-7-11-24-18(14)17(19-15(2)8-12-25-19)6-4-10-21-9-3-5-16(13-21)20(22)23;1-2-6(8(9)12)10-5-3-4-7(10)11/h6-8,11-12,16H,3-5,9-10,13H2,1-2H3,(H,22,23);6H,2-5H2,1H3,(H2,9,12)/t16-;6-/m10/s1. The second-order valence-corrected chi connectivity index (χ2v) is 11.6. The molecule has 0 saturated carbocycles. The number of thiophene rings is 2. The number of carbonyl (C=O) groups excluding carboxylic acids is 2. The number of hydrogen-bond acceptors (Lipinski definition) is 6. The number of piperidine rings is 1. The van der Waals surface area contributed by atoms with E-state index >= 15 is 0 Å². The Labute approximate surface area is 228 Å². The third-order valence-electron chi connectivity index (χ3n) is 7.06. The molecule has 0 aromatic carbocycles. The highest BCUT2D eigenvalue weighted by molar-refractivity contribution is 7.14. The summed E-state index contributed by atoms with van der Waals surface area (Å²) in [5, 5.41) is 13.6. The average Bonchev–Trinajstić information content (AvgIpc) is 3.60. The van der Waals surface area contributed by atoms with Crippen LogP contribution in [0.5, 0.6) is 0 Å². The van der Waals surface area contributed by atoms with Gasteiger partial charge in [-0.3, -0.25) is 14.4 Å². The van der Waals surface area contributed by atoms with Gasteiger partial charge in [0.2, 0.25) is 11.8 Å². The molecule has 37 heavy (non-hydrogen) atoms. The molecule has 0 unspecified atom stereocenters. The molecule has 2 atom stereocenters. The van der Waals surface area contributed by atoms with Crippen molar-refractivity contribution in [2.45, 2.75) is 65.3 Å². The van der Waals surface area contributed by atoms with Gasteiger partial charge in [-0.15, -0.1) is 22.7 Å². The lowest BCUT2D eigenvalue weighted by Gasteiger charge is -2.30. The van der Waals surface area contributed by atoms with Crippen molar-refractivity contribution in [3.8, 4) is 0 Å². The van der Waals surface area contributed by atoms with Crippen LogP contribution < -0.4 is 5.73 Å². The number of carboxylic acid groups (broad SMARTS) is 1. The minimum absolute atomic E-state index is 0.0562. The maximum atomic E-state index is 11.2. The summed E-state index contributed by atoms with van der Waals surface area (Å²) >= 11 is 3.60. The Morgan fingerprint density at radius 1 is 1.14 bits per heavy atom. The van der Waals surface area contributed by atoms with Crippen molar-refractivity contribution in [3.05, 3.63) is 49.9 Å². The topological polar surface area (TPSA) is 104 Å². The maximum Gasteiger partial charge on any atom is 0.307 e. The van der Waals surface area contributed by atoms with Crippen molar-refractivity contribution in [1.82, 2.24) is 9.80 Å². The molecule has 0 spiro atoms. The second kappa shape index (κ2) is 13.9. The normalized spacial score (nSPS) is 18.7. The van der Waals surface area contributed by atoms with Crippen LogP contribution in [0, 0.1) is 19.8 Å². The molecule has 9 heteroatoms. The molecule has 0 radical (unpaired) electrons. The van der Waals surface area contributed by atoms with Gasteiger partial charge in [0.15, 0.2) is 0 Å². The van der Waals surface area contributed by atoms with E-state index in [2.05, 4.69) is 47.7 Å². The van der Waals surface area contributed by atoms with Crippen molar-refractivity contribution in [3.63, 3.8) is 0 Å². The minimum Gasteiger partial charge on any atom is -0.481 e. The smallest absolute Gasteiger partial charge is 0.307 e. The lowest BCUT2D eigenvalue weighted by atomic mass is 9.98. The lowest BCUT2D eigenvalue weighted by molar-refractivity contribution is -0.143. The molecule has 4 heterocycles. The van der Waals surface area contributed by atoms with Gasteiger partial charge in [-0.1, -0.05) is 13.0 Å². The first-order chi connectivity index (χ1) is 17.7. The minimum atomic E-state index is -0.649. The van der Waals surface area contributed by atoms with Crippen LogP contribution in [0.2, 0.25) is 0 Å². The number of nitrogens with zero attached hydrogens (tertiary/aromatic N) is 2. The fraction of sp³-hybridized carbons (Fsp3) is 0.536. The zero-order valence-electron chi connectivity index (χ0n) is 22.1. The predicted molar refractivity (Wildman–Crippen MR) is 151 cm³/mol. The zero-order chi connectivity index (χ0) is 26.9. The second-order valence-electron chi connectivity index (χ2n) is 9.77. The van der Waals surface area contributed by atoms with E-state index in [1.165, 1.54) is 26.5 Å². The van der Waals surface area contributed by atoms with E-state index < -0.39 is 11.9 Å². The molecular formula is C28H39N3O4S2. The van der Waals surface area contributed by atoms with Crippen LogP contribution in [-0.4, -0.2) is 64.9 Å². The van der Waals surface area contributed by atoms with Gasteiger partial charge in [0, 0.05) is 41.4 Å². The van der Waals surface area contributed by atoms with Crippen molar-refractivity contribution in [1.29, 1.82) is 0 Å². The number of aryl methyl sites for hydroxylation is 2. The number of aliphatic carboxylic acids is 1. The van der Waals surface area contributed by atoms with Gasteiger partial charge in [-0.25, -0.2) is 0 Å². The Bertz CT molecular complexity index is 1060. The van der Waals surface area contributed by atoms with Crippen LogP contribution in [0.4, 0.5) is 0 Å². The quantitative estimate of drug-likeness (QED) is 0.466. The summed E-state index contributed by atoms with van der Waals surface area (Å²) in [7, 11) is 0. The number of primary amides is 1. The van der Waals surface area contributed by atoms with Crippen molar-refractivity contribution >= 4 is 46.0 Å². The summed E-state index contributed by atoms with van der Waals surface area (Å²) in [5.41, 5.74) is 9.15. The average molecular weight is 546 g/mol. The first-order valence-electron chi connectivity index (χ1n) is 13.1. The summed E-state index contributed by atoms with van der Waals surface area (Å²) in [6, 6.07) is 3.97. The van der Waals surface area contributed by atoms with E-state index in [1.54, 1.807) is 27.6 Å². The van der Waals surface area contributed by atoms with E-state index in [-0.39, 0.29) is 17.9 Å². The highest BCUT2D eigenvalue weighted by Crippen LogP contribution is 2.35. The summed E-state index contributed by atoms with van der Waals surface area (Å²) in [6.45, 7) is 9.52. The molecule has 7 nitrogen and oxygen atoms in total. The summed E-state index contributed by atoms with van der Waals surface area (Å²) < 4.78 is 0. The third-order valence-corrected chi connectivity index (χ3v) is 9.16. The molecule has 2 fully saturated rings. The van der Waals surface area contributed by atoms with Crippen LogP contribution in [0.25, 0.3) is 5.57 Å². The van der Waals surface area contributed by atoms with Gasteiger partial charge >= 0.3 is 5.97 Å². The number of nitrogens with two attached hydrogens (primary N) is 1. The molecular weight excluding hydrogens is 506 g/mol. The fourth-order valence-corrected chi connectivity index (χ4v) is 7.02. The number of carboxylic acids is 1. The Morgan fingerprint density at radius 3 is 2.24 bits per heavy atom. The van der Waals surface area contributed by atoms with Crippen LogP contribution in [-0.2, 0) is 14.4 Å². The van der Waals surface area contributed by atoms with Crippen molar-refractivity contribution in [2.24, 2.45) is 11.7 Å². The summed E-state index contributed by atoms with van der Waals surface area (Å²) in [4.78, 5) is 39.9. The first kappa shape index (κ1) is 29.1. The van der Waals surface area contributed by atoms with Crippen LogP contribution in [0.1, 0.15) is 66.3 Å². The Kier molecular flexibility index (Phi) is 10.9. The number of hydrogen-bond donors (Lipinski definition) is 2. The molecule has 0 aliphatic carbocycles. The Balaban J connectivity index is 0.000000266. The highest BCUT2D eigenvalue weighted by Gasteiger charge is 2.30. The van der Waals surface area contributed by atoms with E-state index in [0.29, 0.717) is 25.9 Å². The Hall–Kier alpha value is -2.49. The number of rotatable bonds is 9. The van der Waals surface area contributed by atoms with Gasteiger partial charge in [0.25, 0.3) is 0 Å². The van der Waals surface area contributed by atoms with E-state index in [1.807, 2.05) is 6.92 Å². The zero-order valence-corrected chi connectivity index (χ0v) is 23.7. The third kappa shape index (κ3) is 7.75. The molecule has 202 valence electrons. The van der Waals surface area contributed by atoms with Crippen LogP contribution in [0.15, 0.2) is 29.0 Å². The van der Waals surface area contributed by atoms with Gasteiger partial charge < -0.3 is 20.6 Å². The SMILES string of the molecule is CC[C@@H](C(N)=O)N1CCCC1=O.Cc1ccsc1C(=CCCN1CCC[C@@H](C(=O)O)C1)c1sccc1C. The van der Waals surface area contributed by atoms with Gasteiger partial charge in [0.1, 0.15) is 6.04 Å². The molecule has 2 saturated heterocycles. The Morgan fingerprint density at radius 2 is 1.78 bits per heavy atom. The van der Waals surface area contributed by atoms with Crippen molar-refractivity contribution in [2.75, 3.05) is 26.2 Å². The molecule has 2 aliphatic heterocycles. The monoisotopic (exact) mass is 545 g/mol. The molecule has 3 N–H and O–H groups in total. The first-order valence-corrected chi connectivity index (χ1v) is 14.8. The number of amides is 2. The molecule has 2 aromatic rings. The van der Waals surface area contributed by atoms with E-state index in [0.717, 1.165) is 38.8 Å². The van der Waals surface area contributed by atoms with Gasteiger partial charge in [0.05, 0.1) is 5.92 Å². The summed E-state index contributed by atoms with van der Waals surface area (Å²) in [5.74, 6) is -1.19. The predicted octanol–water partition coefficient (Wildman–Crippen LogP) is 4.92. The molecule has 2 aromatic heterocycles. The molecule has 2 aliphatic rings. The molecule has 4 rings (SSSR count). The number of likely N-dealkylation sites (tertiary alicyclic amines) is 2. The van der Waals surface area contributed by atoms with E-state index in [9.17, 15) is 19.5 Å². The maximum absolute atomic E-state index is 11.2. The highest BCUT2D eigenvalue weighted by atomic mass is 32.1. The van der Waals surface area contributed by atoms with E-state index in [4.69, 9.17) is 5.73 Å². The lowest BCUT2D eigenvalue weighted by Crippen LogP contribution is -2.44. The molecule has 0 bridgehead atoms.